The van der Waals surface area contributed by atoms with Crippen LogP contribution in [0.15, 0.2) is 36.5 Å². The molecule has 0 bridgehead atoms. The topological polar surface area (TPSA) is 33.2 Å². The summed E-state index contributed by atoms with van der Waals surface area (Å²) in [6.45, 7) is 2.53. The van der Waals surface area contributed by atoms with Crippen LogP contribution in [-0.4, -0.2) is 22.3 Å². The van der Waals surface area contributed by atoms with Crippen LogP contribution in [-0.2, 0) is 4.79 Å². The first kappa shape index (κ1) is 12.2. The van der Waals surface area contributed by atoms with Gasteiger partial charge in [-0.25, -0.2) is 0 Å². The van der Waals surface area contributed by atoms with Crippen molar-refractivity contribution < 1.29 is 4.79 Å². The van der Waals surface area contributed by atoms with Crippen LogP contribution in [0.5, 0.6) is 0 Å². The summed E-state index contributed by atoms with van der Waals surface area (Å²) in [7, 11) is 0. The number of rotatable bonds is 1. The number of fused-ring (bicyclic) bond motifs is 1. The third-order valence-electron chi connectivity index (χ3n) is 3.90. The van der Waals surface area contributed by atoms with E-state index in [0.717, 1.165) is 35.9 Å². The van der Waals surface area contributed by atoms with Gasteiger partial charge in [-0.05, 0) is 37.0 Å². The van der Waals surface area contributed by atoms with Crippen molar-refractivity contribution in [2.45, 2.75) is 32.2 Å². The Morgan fingerprint density at radius 3 is 3.00 bits per heavy atom. The fourth-order valence-electron chi connectivity index (χ4n) is 2.93. The van der Waals surface area contributed by atoms with E-state index in [2.05, 4.69) is 17.1 Å². The Morgan fingerprint density at radius 1 is 1.32 bits per heavy atom. The van der Waals surface area contributed by atoms with Gasteiger partial charge in [0.05, 0.1) is 11.6 Å². The highest BCUT2D eigenvalue weighted by molar-refractivity contribution is 5.79. The Kier molecular flexibility index (Phi) is 3.20. The number of amides is 1. The Hall–Kier alpha value is -1.90. The van der Waals surface area contributed by atoms with Crippen molar-refractivity contribution in [1.82, 2.24) is 9.88 Å². The molecule has 1 aliphatic rings. The number of carbonyl (C=O) groups is 1. The van der Waals surface area contributed by atoms with E-state index >= 15 is 0 Å². The van der Waals surface area contributed by atoms with Crippen LogP contribution >= 0.6 is 0 Å². The fraction of sp³-hybridized carbons (Fsp3) is 0.375. The van der Waals surface area contributed by atoms with E-state index in [1.807, 2.05) is 29.3 Å². The van der Waals surface area contributed by atoms with Crippen LogP contribution in [0, 0.1) is 0 Å². The average Bonchev–Trinajstić information content (AvgIpc) is 2.46. The highest BCUT2D eigenvalue weighted by Crippen LogP contribution is 2.31. The van der Waals surface area contributed by atoms with E-state index in [4.69, 9.17) is 0 Å². The first-order valence-corrected chi connectivity index (χ1v) is 6.87. The van der Waals surface area contributed by atoms with Crippen LogP contribution < -0.4 is 0 Å². The maximum absolute atomic E-state index is 11.8. The lowest BCUT2D eigenvalue weighted by molar-refractivity contribution is -0.132. The number of para-hydroxylation sites is 1. The van der Waals surface area contributed by atoms with Crippen molar-refractivity contribution in [1.29, 1.82) is 0 Å². The minimum atomic E-state index is 0.165. The van der Waals surface area contributed by atoms with Crippen molar-refractivity contribution in [3.63, 3.8) is 0 Å². The number of aromatic nitrogens is 1. The summed E-state index contributed by atoms with van der Waals surface area (Å²) < 4.78 is 0. The van der Waals surface area contributed by atoms with E-state index in [1.54, 1.807) is 6.92 Å². The molecule has 1 fully saturated rings. The molecule has 0 spiro atoms. The van der Waals surface area contributed by atoms with Gasteiger partial charge in [-0.15, -0.1) is 0 Å². The van der Waals surface area contributed by atoms with Gasteiger partial charge in [-0.2, -0.15) is 0 Å². The van der Waals surface area contributed by atoms with Gasteiger partial charge in [0.15, 0.2) is 0 Å². The maximum Gasteiger partial charge on any atom is 0.219 e. The van der Waals surface area contributed by atoms with Gasteiger partial charge in [0, 0.05) is 25.1 Å². The molecule has 98 valence electrons. The van der Waals surface area contributed by atoms with Gasteiger partial charge in [-0.3, -0.25) is 9.78 Å². The van der Waals surface area contributed by atoms with E-state index in [0.29, 0.717) is 0 Å². The zero-order valence-electron chi connectivity index (χ0n) is 11.2. The lowest BCUT2D eigenvalue weighted by atomic mass is 9.95. The van der Waals surface area contributed by atoms with Crippen LogP contribution in [0.2, 0.25) is 0 Å². The third-order valence-corrected chi connectivity index (χ3v) is 3.90. The maximum atomic E-state index is 11.8. The van der Waals surface area contributed by atoms with Crippen molar-refractivity contribution in [3.05, 3.63) is 42.1 Å². The molecule has 1 atom stereocenters. The Labute approximate surface area is 113 Å². The summed E-state index contributed by atoms with van der Waals surface area (Å²) in [5, 5.41) is 1.15. The van der Waals surface area contributed by atoms with Crippen molar-refractivity contribution >= 4 is 16.8 Å². The minimum Gasteiger partial charge on any atom is -0.336 e. The molecule has 0 N–H and O–H groups in total. The number of hydrogen-bond donors (Lipinski definition) is 0. The van der Waals surface area contributed by atoms with Crippen LogP contribution in [0.3, 0.4) is 0 Å². The average molecular weight is 254 g/mol. The molecule has 19 heavy (non-hydrogen) atoms. The third kappa shape index (κ3) is 2.33. The fourth-order valence-corrected chi connectivity index (χ4v) is 2.93. The molecule has 2 heterocycles. The number of hydrogen-bond acceptors (Lipinski definition) is 2. The summed E-state index contributed by atoms with van der Waals surface area (Å²) in [5.41, 5.74) is 2.17. The van der Waals surface area contributed by atoms with Crippen molar-refractivity contribution in [2.75, 3.05) is 6.54 Å². The molecule has 3 rings (SSSR count). The predicted molar refractivity (Wildman–Crippen MR) is 75.7 cm³/mol. The smallest absolute Gasteiger partial charge is 0.219 e. The molecule has 2 aromatic rings. The van der Waals surface area contributed by atoms with Crippen LogP contribution in [0.4, 0.5) is 0 Å². The van der Waals surface area contributed by atoms with Crippen molar-refractivity contribution in [3.8, 4) is 0 Å². The normalized spacial score (nSPS) is 19.6. The molecule has 0 saturated carbocycles. The molecule has 0 radical (unpaired) electrons. The van der Waals surface area contributed by atoms with E-state index in [9.17, 15) is 4.79 Å². The quantitative estimate of drug-likeness (QED) is 0.782. The number of pyridine rings is 1. The molecule has 1 aliphatic heterocycles. The number of carbonyl (C=O) groups excluding carboxylic acids is 1. The second-order valence-electron chi connectivity index (χ2n) is 5.19. The monoisotopic (exact) mass is 254 g/mol. The van der Waals surface area contributed by atoms with Gasteiger partial charge in [0.25, 0.3) is 0 Å². The molecule has 1 amide bonds. The minimum absolute atomic E-state index is 0.165. The van der Waals surface area contributed by atoms with Crippen LogP contribution in [0.25, 0.3) is 10.9 Å². The summed E-state index contributed by atoms with van der Waals surface area (Å²) >= 11 is 0. The summed E-state index contributed by atoms with van der Waals surface area (Å²) in [5.74, 6) is 0.165. The Morgan fingerprint density at radius 2 is 2.16 bits per heavy atom. The second kappa shape index (κ2) is 5.00. The molecular weight excluding hydrogens is 236 g/mol. The first-order chi connectivity index (χ1) is 9.25. The van der Waals surface area contributed by atoms with E-state index in [-0.39, 0.29) is 11.9 Å². The molecule has 1 aromatic heterocycles. The van der Waals surface area contributed by atoms with Crippen LogP contribution in [0.1, 0.15) is 37.8 Å². The van der Waals surface area contributed by atoms with Gasteiger partial charge in [0.1, 0.15) is 0 Å². The summed E-state index contributed by atoms with van der Waals surface area (Å²) in [4.78, 5) is 18.2. The van der Waals surface area contributed by atoms with Gasteiger partial charge < -0.3 is 4.90 Å². The highest BCUT2D eigenvalue weighted by Gasteiger charge is 2.26. The number of likely N-dealkylation sites (tertiary alicyclic amines) is 1. The number of nitrogens with zero attached hydrogens (tertiary/aromatic N) is 2. The molecule has 1 saturated heterocycles. The lowest BCUT2D eigenvalue weighted by Gasteiger charge is -2.35. The SMILES string of the molecule is CC(=O)N1CCCC[C@H]1c1cnc2ccccc2c1. The van der Waals surface area contributed by atoms with E-state index < -0.39 is 0 Å². The molecule has 3 heteroatoms. The molecule has 0 aliphatic carbocycles. The standard InChI is InChI=1S/C16H18N2O/c1-12(19)18-9-5-4-8-16(18)14-10-13-6-2-3-7-15(13)17-11-14/h2-3,6-7,10-11,16H,4-5,8-9H2,1H3/t16-/m0/s1. The molecule has 0 unspecified atom stereocenters. The van der Waals surface area contributed by atoms with Gasteiger partial charge in [0.2, 0.25) is 5.91 Å². The number of benzene rings is 1. The zero-order valence-corrected chi connectivity index (χ0v) is 11.2. The second-order valence-corrected chi connectivity index (χ2v) is 5.19. The molecule has 1 aromatic carbocycles. The summed E-state index contributed by atoms with van der Waals surface area (Å²) in [6.07, 6.45) is 5.26. The predicted octanol–water partition coefficient (Wildman–Crippen LogP) is 3.31. The first-order valence-electron chi connectivity index (χ1n) is 6.87. The lowest BCUT2D eigenvalue weighted by Crippen LogP contribution is -2.36. The largest absolute Gasteiger partial charge is 0.336 e. The molecule has 3 nitrogen and oxygen atoms in total. The Balaban J connectivity index is 1.99. The molecular formula is C16H18N2O. The van der Waals surface area contributed by atoms with Gasteiger partial charge >= 0.3 is 0 Å². The van der Waals surface area contributed by atoms with Crippen molar-refractivity contribution in [2.24, 2.45) is 0 Å². The zero-order chi connectivity index (χ0) is 13.2. The van der Waals surface area contributed by atoms with Gasteiger partial charge in [-0.1, -0.05) is 18.2 Å². The van der Waals surface area contributed by atoms with E-state index in [1.165, 1.54) is 6.42 Å². The number of piperidine rings is 1. The summed E-state index contributed by atoms with van der Waals surface area (Å²) in [6, 6.07) is 10.5. The highest BCUT2D eigenvalue weighted by atomic mass is 16.2. The Bertz CT molecular complexity index is 608.